The molecule has 3 aromatic rings. The van der Waals surface area contributed by atoms with Crippen molar-refractivity contribution < 1.29 is 52.0 Å². The van der Waals surface area contributed by atoms with E-state index in [1.165, 1.54) is 0 Å². The Labute approximate surface area is 221 Å². The van der Waals surface area contributed by atoms with E-state index in [0.29, 0.717) is 25.1 Å². The Morgan fingerprint density at radius 1 is 1.08 bits per heavy atom. The van der Waals surface area contributed by atoms with Gasteiger partial charge in [-0.1, -0.05) is 11.6 Å². The number of nitrogens with zero attached hydrogens (tertiary/aromatic N) is 1. The molecule has 0 amide bonds. The first-order valence-corrected chi connectivity index (χ1v) is 11.9. The lowest BCUT2D eigenvalue weighted by atomic mass is 9.88. The summed E-state index contributed by atoms with van der Waals surface area (Å²) < 4.78 is 55.8. The zero-order chi connectivity index (χ0) is 28.4. The number of aromatic hydroxyl groups is 2. The van der Waals surface area contributed by atoms with Crippen molar-refractivity contribution in [2.45, 2.75) is 31.0 Å². The first-order valence-electron chi connectivity index (χ1n) is 11.5. The van der Waals surface area contributed by atoms with Gasteiger partial charge >= 0.3 is 18.1 Å². The van der Waals surface area contributed by atoms with Crippen molar-refractivity contribution in [1.82, 2.24) is 4.90 Å². The van der Waals surface area contributed by atoms with Gasteiger partial charge in [0.25, 0.3) is 0 Å². The second kappa shape index (κ2) is 9.43. The lowest BCUT2D eigenvalue weighted by Crippen LogP contribution is -2.32. The SMILES string of the molecule is CN1CC[C@H](c2c(O)c3c(O)c4c(=O)c(c(-c5ccc(C(F)(F)F)cc5Cl)oc24)OC(=O)CC(=O)O3)[C@H]1CO. The van der Waals surface area contributed by atoms with Crippen LogP contribution in [0.25, 0.3) is 22.3 Å². The van der Waals surface area contributed by atoms with Crippen LogP contribution in [0.3, 0.4) is 0 Å². The lowest BCUT2D eigenvalue weighted by Gasteiger charge is -2.26. The van der Waals surface area contributed by atoms with Gasteiger partial charge < -0.3 is 34.1 Å². The molecule has 3 N–H and O–H groups in total. The van der Waals surface area contributed by atoms with Gasteiger partial charge in [-0.15, -0.1) is 0 Å². The topological polar surface area (TPSA) is 147 Å². The zero-order valence-electron chi connectivity index (χ0n) is 20.0. The van der Waals surface area contributed by atoms with Crippen molar-refractivity contribution in [3.8, 4) is 34.3 Å². The maximum Gasteiger partial charge on any atom is 0.416 e. The molecule has 2 atom stereocenters. The third-order valence-corrected chi connectivity index (χ3v) is 7.19. The number of alkyl halides is 3. The standard InChI is InChI=1S/C25H19ClF3NO9/c1-30-5-4-11(13(30)8-31)16-18(34)23-19(35)17-20(36)24(38-15(33)7-14(32)37-23)21(39-22(16)17)10-3-2-9(6-12(10)26)25(27,28)29/h2-3,6,11,13,31,34-35H,4-5,7-8H2,1H3/t11-,13+/m0/s1. The summed E-state index contributed by atoms with van der Waals surface area (Å²) in [4.78, 5) is 40.3. The number of ether oxygens (including phenoxy) is 2. The molecule has 0 radical (unpaired) electrons. The summed E-state index contributed by atoms with van der Waals surface area (Å²) in [6.45, 7) is 0.0694. The van der Waals surface area contributed by atoms with Crippen molar-refractivity contribution in [2.75, 3.05) is 20.2 Å². The number of aliphatic hydroxyl groups is 1. The highest BCUT2D eigenvalue weighted by molar-refractivity contribution is 6.33. The highest BCUT2D eigenvalue weighted by Gasteiger charge is 2.40. The van der Waals surface area contributed by atoms with Crippen molar-refractivity contribution in [2.24, 2.45) is 0 Å². The average molecular weight is 570 g/mol. The summed E-state index contributed by atoms with van der Waals surface area (Å²) in [6.07, 6.45) is -5.46. The molecule has 39 heavy (non-hydrogen) atoms. The molecule has 10 nitrogen and oxygen atoms in total. The molecular formula is C25H19ClF3NO9. The fraction of sp³-hybridized carbons (Fsp3) is 0.320. The van der Waals surface area contributed by atoms with Crippen LogP contribution in [0.4, 0.5) is 13.2 Å². The predicted octanol–water partition coefficient (Wildman–Crippen LogP) is 3.54. The summed E-state index contributed by atoms with van der Waals surface area (Å²) >= 11 is 6.15. The Balaban J connectivity index is 1.91. The maximum atomic E-state index is 13.7. The quantitative estimate of drug-likeness (QED) is 0.243. The number of fused-ring (bicyclic) bond motifs is 2. The van der Waals surface area contributed by atoms with Gasteiger partial charge in [-0.05, 0) is 38.2 Å². The molecule has 0 aliphatic carbocycles. The molecule has 0 unspecified atom stereocenters. The largest absolute Gasteiger partial charge is 0.504 e. The fourth-order valence-corrected chi connectivity index (χ4v) is 5.26. The molecule has 2 aliphatic heterocycles. The van der Waals surface area contributed by atoms with Crippen molar-refractivity contribution in [3.63, 3.8) is 0 Å². The minimum Gasteiger partial charge on any atom is -0.504 e. The van der Waals surface area contributed by atoms with E-state index >= 15 is 0 Å². The number of esters is 2. The average Bonchev–Trinajstić information content (AvgIpc) is 3.21. The number of likely N-dealkylation sites (N-methyl/N-ethyl adjacent to an activating group) is 1. The summed E-state index contributed by atoms with van der Waals surface area (Å²) in [5, 5.41) is 31.0. The van der Waals surface area contributed by atoms with Crippen molar-refractivity contribution in [3.05, 3.63) is 44.6 Å². The molecule has 3 heterocycles. The number of carbonyl (C=O) groups excluding carboxylic acids is 2. The van der Waals surface area contributed by atoms with Gasteiger partial charge in [0.2, 0.25) is 16.9 Å². The molecule has 0 spiro atoms. The van der Waals surface area contributed by atoms with Crippen molar-refractivity contribution >= 4 is 34.5 Å². The second-order valence-electron chi connectivity index (χ2n) is 9.18. The number of carbonyl (C=O) groups is 2. The minimum atomic E-state index is -4.74. The van der Waals surface area contributed by atoms with Crippen LogP contribution in [-0.2, 0) is 15.8 Å². The van der Waals surface area contributed by atoms with Crippen molar-refractivity contribution in [1.29, 1.82) is 0 Å². The summed E-state index contributed by atoms with van der Waals surface area (Å²) in [5.41, 5.74) is -3.04. The predicted molar refractivity (Wildman–Crippen MR) is 128 cm³/mol. The molecule has 1 saturated heterocycles. The van der Waals surface area contributed by atoms with Gasteiger partial charge in [0.1, 0.15) is 17.4 Å². The monoisotopic (exact) mass is 569 g/mol. The highest BCUT2D eigenvalue weighted by Crippen LogP contribution is 2.52. The first-order chi connectivity index (χ1) is 18.3. The molecule has 2 aromatic carbocycles. The number of likely N-dealkylation sites (tertiary alicyclic amines) is 1. The number of phenols is 2. The Kier molecular flexibility index (Phi) is 6.48. The third-order valence-electron chi connectivity index (χ3n) is 6.88. The minimum absolute atomic E-state index is 0.103. The number of hydrogen-bond acceptors (Lipinski definition) is 10. The summed E-state index contributed by atoms with van der Waals surface area (Å²) in [5.74, 6) is -7.19. The van der Waals surface area contributed by atoms with E-state index in [-0.39, 0.29) is 17.7 Å². The zero-order valence-corrected chi connectivity index (χ0v) is 20.7. The lowest BCUT2D eigenvalue weighted by molar-refractivity contribution is -0.144. The third kappa shape index (κ3) is 4.36. The number of benzene rings is 2. The highest BCUT2D eigenvalue weighted by atomic mass is 35.5. The van der Waals surface area contributed by atoms with E-state index in [1.54, 1.807) is 11.9 Å². The summed E-state index contributed by atoms with van der Waals surface area (Å²) in [7, 11) is 1.71. The van der Waals surface area contributed by atoms with Gasteiger partial charge in [0.05, 0.1) is 17.2 Å². The molecule has 0 saturated carbocycles. The van der Waals surface area contributed by atoms with E-state index in [2.05, 4.69) is 0 Å². The van der Waals surface area contributed by atoms with Gasteiger partial charge in [-0.2, -0.15) is 13.2 Å². The Morgan fingerprint density at radius 2 is 1.74 bits per heavy atom. The van der Waals surface area contributed by atoms with E-state index in [4.69, 9.17) is 25.5 Å². The van der Waals surface area contributed by atoms with Crippen LogP contribution in [0.5, 0.6) is 23.0 Å². The molecule has 1 fully saturated rings. The Bertz CT molecular complexity index is 1600. The molecule has 3 bridgehead atoms. The van der Waals surface area contributed by atoms with Crippen LogP contribution in [0, 0.1) is 0 Å². The first kappa shape index (κ1) is 26.8. The fourth-order valence-electron chi connectivity index (χ4n) is 4.99. The van der Waals surface area contributed by atoms with Crippen LogP contribution >= 0.6 is 11.6 Å². The van der Waals surface area contributed by atoms with Crippen LogP contribution in [-0.4, -0.2) is 58.4 Å². The number of phenolic OH excluding ortho intramolecular Hbond substituents is 2. The number of aliphatic hydroxyl groups excluding tert-OH is 1. The normalized spacial score (nSPS) is 20.1. The second-order valence-corrected chi connectivity index (χ2v) is 9.58. The molecular weight excluding hydrogens is 551 g/mol. The van der Waals surface area contributed by atoms with E-state index in [1.807, 2.05) is 0 Å². The Hall–Kier alpha value is -3.81. The van der Waals surface area contributed by atoms with Crippen LogP contribution in [0.15, 0.2) is 27.4 Å². The maximum absolute atomic E-state index is 13.7. The van der Waals surface area contributed by atoms with Crippen LogP contribution in [0.2, 0.25) is 5.02 Å². The van der Waals surface area contributed by atoms with E-state index in [0.717, 1.165) is 6.07 Å². The van der Waals surface area contributed by atoms with E-state index < -0.39 is 92.2 Å². The van der Waals surface area contributed by atoms with Crippen LogP contribution < -0.4 is 14.9 Å². The number of rotatable bonds is 3. The molecule has 5 rings (SSSR count). The van der Waals surface area contributed by atoms with Gasteiger partial charge in [-0.25, -0.2) is 0 Å². The molecule has 206 valence electrons. The van der Waals surface area contributed by atoms with Gasteiger partial charge in [0, 0.05) is 23.1 Å². The summed E-state index contributed by atoms with van der Waals surface area (Å²) in [6, 6.07) is 1.56. The Morgan fingerprint density at radius 3 is 2.36 bits per heavy atom. The van der Waals surface area contributed by atoms with Crippen LogP contribution in [0.1, 0.15) is 29.9 Å². The number of halogens is 4. The van der Waals surface area contributed by atoms with Gasteiger partial charge in [0.15, 0.2) is 17.3 Å². The molecule has 14 heteroatoms. The molecule has 1 aromatic heterocycles. The van der Waals surface area contributed by atoms with E-state index in [9.17, 15) is 42.9 Å². The number of hydrogen-bond donors (Lipinski definition) is 3. The molecule has 2 aliphatic rings. The van der Waals surface area contributed by atoms with Gasteiger partial charge in [-0.3, -0.25) is 14.4 Å². The smallest absolute Gasteiger partial charge is 0.416 e.